The van der Waals surface area contributed by atoms with Crippen molar-refractivity contribution < 1.29 is 33.3 Å². The van der Waals surface area contributed by atoms with Crippen LogP contribution in [0.5, 0.6) is 23.0 Å². The predicted octanol–water partition coefficient (Wildman–Crippen LogP) is 4.75. The number of amides is 3. The second-order valence-electron chi connectivity index (χ2n) is 7.54. The summed E-state index contributed by atoms with van der Waals surface area (Å²) in [4.78, 5) is 39.0. The number of halogens is 1. The SMILES string of the molecule is C=CCOc1c(Cl)cc(/C=C2/SC(=O)N(CC(=O)Nc3ccc4c(c3)OCCO4)C2=O)cc1OCC. The number of rotatable bonds is 9. The second kappa shape index (κ2) is 11.4. The highest BCUT2D eigenvalue weighted by atomic mass is 35.5. The van der Waals surface area contributed by atoms with E-state index in [1.165, 1.54) is 6.08 Å². The lowest BCUT2D eigenvalue weighted by Crippen LogP contribution is -2.36. The summed E-state index contributed by atoms with van der Waals surface area (Å²) >= 11 is 7.11. The Morgan fingerprint density at radius 2 is 1.97 bits per heavy atom. The van der Waals surface area contributed by atoms with Crippen LogP contribution in [0.3, 0.4) is 0 Å². The molecule has 2 aliphatic heterocycles. The number of imide groups is 1. The number of benzene rings is 2. The van der Waals surface area contributed by atoms with Crippen LogP contribution in [0.2, 0.25) is 5.02 Å². The van der Waals surface area contributed by atoms with Crippen molar-refractivity contribution >= 4 is 52.2 Å². The molecule has 3 amide bonds. The van der Waals surface area contributed by atoms with Crippen LogP contribution < -0.4 is 24.3 Å². The van der Waals surface area contributed by atoms with Crippen LogP contribution in [-0.2, 0) is 9.59 Å². The molecule has 2 aromatic rings. The number of thioether (sulfide) groups is 1. The molecule has 4 rings (SSSR count). The number of carbonyl (C=O) groups is 3. The van der Waals surface area contributed by atoms with Gasteiger partial charge in [0.15, 0.2) is 23.0 Å². The Hall–Kier alpha value is -3.63. The predicted molar refractivity (Wildman–Crippen MR) is 137 cm³/mol. The third-order valence-electron chi connectivity index (χ3n) is 4.98. The second-order valence-corrected chi connectivity index (χ2v) is 8.94. The number of nitrogens with zero attached hydrogens (tertiary/aromatic N) is 1. The first kappa shape index (κ1) is 25.5. The topological polar surface area (TPSA) is 103 Å². The molecule has 0 spiro atoms. The van der Waals surface area contributed by atoms with Crippen LogP contribution in [0.1, 0.15) is 12.5 Å². The third-order valence-corrected chi connectivity index (χ3v) is 6.16. The molecule has 188 valence electrons. The maximum atomic E-state index is 12.9. The van der Waals surface area contributed by atoms with Crippen molar-refractivity contribution in [3.8, 4) is 23.0 Å². The van der Waals surface area contributed by atoms with Gasteiger partial charge in [0.05, 0.1) is 16.5 Å². The lowest BCUT2D eigenvalue weighted by atomic mass is 10.1. The van der Waals surface area contributed by atoms with Crippen molar-refractivity contribution in [3.05, 3.63) is 58.5 Å². The molecule has 2 aromatic carbocycles. The Bertz CT molecular complexity index is 1250. The summed E-state index contributed by atoms with van der Waals surface area (Å²) in [6, 6.07) is 8.23. The van der Waals surface area contributed by atoms with Gasteiger partial charge in [-0.2, -0.15) is 0 Å². The molecule has 0 unspecified atom stereocenters. The van der Waals surface area contributed by atoms with E-state index in [1.807, 2.05) is 6.92 Å². The molecule has 0 saturated carbocycles. The number of hydrogen-bond acceptors (Lipinski definition) is 8. The number of ether oxygens (including phenoxy) is 4. The van der Waals surface area contributed by atoms with E-state index in [-0.39, 0.29) is 16.5 Å². The molecule has 0 atom stereocenters. The van der Waals surface area contributed by atoms with Crippen molar-refractivity contribution in [2.24, 2.45) is 0 Å². The van der Waals surface area contributed by atoms with Gasteiger partial charge in [0.25, 0.3) is 11.1 Å². The largest absolute Gasteiger partial charge is 0.490 e. The standard InChI is InChI=1S/C25H23ClN2O7S/c1-3-7-35-23-17(26)10-15(11-20(23)32-4-2)12-21-24(30)28(25(31)36-21)14-22(29)27-16-5-6-18-19(13-16)34-9-8-33-18/h3,5-6,10-13H,1,4,7-9,14H2,2H3,(H,27,29)/b21-12+. The van der Waals surface area contributed by atoms with Gasteiger partial charge >= 0.3 is 0 Å². The van der Waals surface area contributed by atoms with Crippen LogP contribution in [0.4, 0.5) is 10.5 Å². The highest BCUT2D eigenvalue weighted by Gasteiger charge is 2.36. The van der Waals surface area contributed by atoms with Crippen molar-refractivity contribution in [1.29, 1.82) is 0 Å². The highest BCUT2D eigenvalue weighted by molar-refractivity contribution is 8.18. The minimum absolute atomic E-state index is 0.158. The van der Waals surface area contributed by atoms with Gasteiger partial charge in [-0.25, -0.2) is 0 Å². The number of anilines is 1. The average Bonchev–Trinajstić information content (AvgIpc) is 3.11. The van der Waals surface area contributed by atoms with Gasteiger partial charge in [0.2, 0.25) is 5.91 Å². The Morgan fingerprint density at radius 3 is 2.72 bits per heavy atom. The van der Waals surface area contributed by atoms with Crippen molar-refractivity contribution in [1.82, 2.24) is 4.90 Å². The van der Waals surface area contributed by atoms with E-state index in [4.69, 9.17) is 30.5 Å². The Kier molecular flexibility index (Phi) is 8.07. The Balaban J connectivity index is 1.46. The zero-order chi connectivity index (χ0) is 25.7. The van der Waals surface area contributed by atoms with Crippen molar-refractivity contribution in [2.45, 2.75) is 6.92 Å². The van der Waals surface area contributed by atoms with E-state index in [0.717, 1.165) is 16.7 Å². The number of nitrogens with one attached hydrogen (secondary N) is 1. The van der Waals surface area contributed by atoms with E-state index in [9.17, 15) is 14.4 Å². The average molecular weight is 531 g/mol. The van der Waals surface area contributed by atoms with E-state index in [1.54, 1.807) is 36.4 Å². The van der Waals surface area contributed by atoms with Gasteiger partial charge in [-0.1, -0.05) is 24.3 Å². The molecule has 1 fully saturated rings. The Labute approximate surface area is 217 Å². The first-order valence-corrected chi connectivity index (χ1v) is 12.2. The number of carbonyl (C=O) groups excluding carboxylic acids is 3. The first-order chi connectivity index (χ1) is 17.4. The number of hydrogen-bond donors (Lipinski definition) is 1. The lowest BCUT2D eigenvalue weighted by Gasteiger charge is -2.19. The van der Waals surface area contributed by atoms with Crippen molar-refractivity contribution in [3.63, 3.8) is 0 Å². The molecular formula is C25H23ClN2O7S. The maximum absolute atomic E-state index is 12.9. The molecule has 0 aromatic heterocycles. The third kappa shape index (κ3) is 5.77. The molecule has 2 aliphatic rings. The van der Waals surface area contributed by atoms with Gasteiger partial charge < -0.3 is 24.3 Å². The molecule has 0 aliphatic carbocycles. The molecule has 0 bridgehead atoms. The molecule has 1 saturated heterocycles. The highest BCUT2D eigenvalue weighted by Crippen LogP contribution is 2.39. The molecule has 36 heavy (non-hydrogen) atoms. The zero-order valence-electron chi connectivity index (χ0n) is 19.4. The van der Waals surface area contributed by atoms with Gasteiger partial charge in [-0.15, -0.1) is 0 Å². The summed E-state index contributed by atoms with van der Waals surface area (Å²) in [5.74, 6) is 0.752. The monoisotopic (exact) mass is 530 g/mol. The molecule has 1 N–H and O–H groups in total. The molecule has 11 heteroatoms. The minimum atomic E-state index is -0.580. The summed E-state index contributed by atoms with van der Waals surface area (Å²) in [6.45, 7) is 6.48. The first-order valence-electron chi connectivity index (χ1n) is 11.0. The van der Waals surface area contributed by atoms with Crippen LogP contribution in [-0.4, -0.2) is 54.9 Å². The molecule has 9 nitrogen and oxygen atoms in total. The quantitative estimate of drug-likeness (QED) is 0.366. The Morgan fingerprint density at radius 1 is 1.19 bits per heavy atom. The molecule has 2 heterocycles. The lowest BCUT2D eigenvalue weighted by molar-refractivity contribution is -0.127. The summed E-state index contributed by atoms with van der Waals surface area (Å²) in [7, 11) is 0. The zero-order valence-corrected chi connectivity index (χ0v) is 20.9. The van der Waals surface area contributed by atoms with Gasteiger partial charge in [0, 0.05) is 11.8 Å². The van der Waals surface area contributed by atoms with E-state index >= 15 is 0 Å². The molecular weight excluding hydrogens is 508 g/mol. The maximum Gasteiger partial charge on any atom is 0.294 e. The normalized spacial score (nSPS) is 15.7. The summed E-state index contributed by atoms with van der Waals surface area (Å²) in [5.41, 5.74) is 1.00. The fraction of sp³-hybridized carbons (Fsp3) is 0.240. The minimum Gasteiger partial charge on any atom is -0.490 e. The van der Waals surface area contributed by atoms with E-state index in [0.29, 0.717) is 54.1 Å². The van der Waals surface area contributed by atoms with Gasteiger partial charge in [-0.05, 0) is 54.6 Å². The van der Waals surface area contributed by atoms with Crippen molar-refractivity contribution in [2.75, 3.05) is 38.3 Å². The number of fused-ring (bicyclic) bond motifs is 1. The van der Waals surface area contributed by atoms with Crippen LogP contribution >= 0.6 is 23.4 Å². The fourth-order valence-corrected chi connectivity index (χ4v) is 4.58. The summed E-state index contributed by atoms with van der Waals surface area (Å²) in [5, 5.41) is 2.41. The van der Waals surface area contributed by atoms with Crippen LogP contribution in [0.25, 0.3) is 6.08 Å². The summed E-state index contributed by atoms with van der Waals surface area (Å²) in [6.07, 6.45) is 3.11. The van der Waals surface area contributed by atoms with Crippen LogP contribution in [0.15, 0.2) is 47.9 Å². The van der Waals surface area contributed by atoms with Gasteiger partial charge in [-0.3, -0.25) is 19.3 Å². The van der Waals surface area contributed by atoms with Crippen LogP contribution in [0, 0.1) is 0 Å². The molecule has 0 radical (unpaired) electrons. The fourth-order valence-electron chi connectivity index (χ4n) is 3.47. The van der Waals surface area contributed by atoms with Gasteiger partial charge in [0.1, 0.15) is 26.4 Å². The van der Waals surface area contributed by atoms with E-state index < -0.39 is 23.6 Å². The smallest absolute Gasteiger partial charge is 0.294 e. The summed E-state index contributed by atoms with van der Waals surface area (Å²) < 4.78 is 22.2. The van der Waals surface area contributed by atoms with E-state index in [2.05, 4.69) is 11.9 Å².